The number of nitrogens with one attached hydrogen (secondary N) is 1. The monoisotopic (exact) mass is 225 g/mol. The summed E-state index contributed by atoms with van der Waals surface area (Å²) in [6.07, 6.45) is 8.02. The molecule has 0 aromatic rings. The maximum absolute atomic E-state index is 5.81. The van der Waals surface area contributed by atoms with Crippen molar-refractivity contribution in [3.05, 3.63) is 0 Å². The van der Waals surface area contributed by atoms with Gasteiger partial charge in [-0.05, 0) is 31.6 Å². The Morgan fingerprint density at radius 2 is 2.06 bits per heavy atom. The fourth-order valence-corrected chi connectivity index (χ4v) is 2.50. The summed E-state index contributed by atoms with van der Waals surface area (Å²) < 4.78 is 5.51. The molecule has 3 N–H and O–H groups in total. The Balaban J connectivity index is 1.61. The number of aliphatic imine (C=N–C) groups is 1. The summed E-state index contributed by atoms with van der Waals surface area (Å²) in [6, 6.07) is 0. The molecule has 1 aliphatic carbocycles. The molecule has 0 aromatic carbocycles. The minimum Gasteiger partial charge on any atom is -0.376 e. The highest BCUT2D eigenvalue weighted by Gasteiger charge is 2.16. The molecule has 1 unspecified atom stereocenters. The SMILES string of the molecule is NC(=NCC1CCCC1)NCC1CCCO1. The second-order valence-corrected chi connectivity index (χ2v) is 4.89. The minimum atomic E-state index is 0.334. The summed E-state index contributed by atoms with van der Waals surface area (Å²) in [5, 5.41) is 3.15. The van der Waals surface area contributed by atoms with Crippen molar-refractivity contribution in [2.75, 3.05) is 19.7 Å². The molecule has 4 nitrogen and oxygen atoms in total. The predicted octanol–water partition coefficient (Wildman–Crippen LogP) is 1.26. The highest BCUT2D eigenvalue weighted by molar-refractivity contribution is 5.77. The first kappa shape index (κ1) is 11.7. The van der Waals surface area contributed by atoms with E-state index in [-0.39, 0.29) is 0 Å². The topological polar surface area (TPSA) is 59.6 Å². The van der Waals surface area contributed by atoms with Gasteiger partial charge in [0.15, 0.2) is 5.96 Å². The number of ether oxygens (including phenoxy) is 1. The summed E-state index contributed by atoms with van der Waals surface area (Å²) in [6.45, 7) is 2.59. The molecule has 1 aliphatic heterocycles. The van der Waals surface area contributed by atoms with Crippen LogP contribution in [0, 0.1) is 5.92 Å². The quantitative estimate of drug-likeness (QED) is 0.559. The standard InChI is InChI=1S/C12H23N3O/c13-12(14-8-10-4-1-2-5-10)15-9-11-6-3-7-16-11/h10-11H,1-9H2,(H3,13,14,15). The zero-order valence-electron chi connectivity index (χ0n) is 9.95. The normalized spacial score (nSPS) is 27.5. The Labute approximate surface area is 97.6 Å². The van der Waals surface area contributed by atoms with Gasteiger partial charge in [-0.15, -0.1) is 0 Å². The van der Waals surface area contributed by atoms with Gasteiger partial charge >= 0.3 is 0 Å². The van der Waals surface area contributed by atoms with E-state index in [4.69, 9.17) is 10.5 Å². The molecule has 2 rings (SSSR count). The summed E-state index contributed by atoms with van der Waals surface area (Å²) >= 11 is 0. The molecule has 1 saturated carbocycles. The highest BCUT2D eigenvalue weighted by Crippen LogP contribution is 2.24. The maximum Gasteiger partial charge on any atom is 0.188 e. The Hall–Kier alpha value is -0.770. The van der Waals surface area contributed by atoms with E-state index in [0.29, 0.717) is 12.1 Å². The molecule has 1 saturated heterocycles. The third-order valence-corrected chi connectivity index (χ3v) is 3.53. The van der Waals surface area contributed by atoms with E-state index >= 15 is 0 Å². The van der Waals surface area contributed by atoms with Gasteiger partial charge in [0.2, 0.25) is 0 Å². The van der Waals surface area contributed by atoms with Crippen LogP contribution in [0.4, 0.5) is 0 Å². The predicted molar refractivity (Wildman–Crippen MR) is 65.4 cm³/mol. The van der Waals surface area contributed by atoms with E-state index in [1.165, 1.54) is 32.1 Å². The summed E-state index contributed by atoms with van der Waals surface area (Å²) in [7, 11) is 0. The van der Waals surface area contributed by atoms with E-state index in [9.17, 15) is 0 Å². The maximum atomic E-state index is 5.81. The first-order chi connectivity index (χ1) is 7.84. The zero-order chi connectivity index (χ0) is 11.2. The molecule has 2 fully saturated rings. The lowest BCUT2D eigenvalue weighted by Gasteiger charge is -2.12. The first-order valence-corrected chi connectivity index (χ1v) is 6.50. The van der Waals surface area contributed by atoms with Gasteiger partial charge in [-0.25, -0.2) is 0 Å². The lowest BCUT2D eigenvalue weighted by Crippen LogP contribution is -2.37. The third kappa shape index (κ3) is 3.67. The molecule has 0 amide bonds. The molecule has 1 heterocycles. The number of nitrogens with zero attached hydrogens (tertiary/aromatic N) is 1. The van der Waals surface area contributed by atoms with Crippen molar-refractivity contribution in [2.45, 2.75) is 44.6 Å². The van der Waals surface area contributed by atoms with E-state index in [1.807, 2.05) is 0 Å². The van der Waals surface area contributed by atoms with Crippen molar-refractivity contribution in [2.24, 2.45) is 16.6 Å². The van der Waals surface area contributed by atoms with Crippen molar-refractivity contribution in [1.29, 1.82) is 0 Å². The minimum absolute atomic E-state index is 0.334. The van der Waals surface area contributed by atoms with Crippen molar-refractivity contribution < 1.29 is 4.74 Å². The van der Waals surface area contributed by atoms with Gasteiger partial charge in [-0.2, -0.15) is 0 Å². The van der Waals surface area contributed by atoms with Crippen LogP contribution in [-0.2, 0) is 4.74 Å². The number of guanidine groups is 1. The van der Waals surface area contributed by atoms with Crippen molar-refractivity contribution in [1.82, 2.24) is 5.32 Å². The van der Waals surface area contributed by atoms with Gasteiger partial charge in [0.25, 0.3) is 0 Å². The molecular formula is C12H23N3O. The average molecular weight is 225 g/mol. The fraction of sp³-hybridized carbons (Fsp3) is 0.917. The molecular weight excluding hydrogens is 202 g/mol. The second-order valence-electron chi connectivity index (χ2n) is 4.89. The van der Waals surface area contributed by atoms with Crippen LogP contribution < -0.4 is 11.1 Å². The van der Waals surface area contributed by atoms with Gasteiger partial charge in [-0.1, -0.05) is 12.8 Å². The number of nitrogens with two attached hydrogens (primary N) is 1. The fourth-order valence-electron chi connectivity index (χ4n) is 2.50. The Morgan fingerprint density at radius 3 is 2.75 bits per heavy atom. The van der Waals surface area contributed by atoms with Crippen LogP contribution in [0.1, 0.15) is 38.5 Å². The highest BCUT2D eigenvalue weighted by atomic mass is 16.5. The smallest absolute Gasteiger partial charge is 0.188 e. The van der Waals surface area contributed by atoms with E-state index in [2.05, 4.69) is 10.3 Å². The van der Waals surface area contributed by atoms with E-state index in [0.717, 1.165) is 32.0 Å². The summed E-state index contributed by atoms with van der Waals surface area (Å²) in [4.78, 5) is 4.39. The summed E-state index contributed by atoms with van der Waals surface area (Å²) in [5.41, 5.74) is 5.81. The largest absolute Gasteiger partial charge is 0.376 e. The van der Waals surface area contributed by atoms with Crippen molar-refractivity contribution in [3.63, 3.8) is 0 Å². The Kier molecular flexibility index (Phi) is 4.45. The number of hydrogen-bond donors (Lipinski definition) is 2. The van der Waals surface area contributed by atoms with Gasteiger partial charge < -0.3 is 15.8 Å². The zero-order valence-corrected chi connectivity index (χ0v) is 9.95. The van der Waals surface area contributed by atoms with Crippen molar-refractivity contribution in [3.8, 4) is 0 Å². The van der Waals surface area contributed by atoms with Crippen molar-refractivity contribution >= 4 is 5.96 Å². The van der Waals surface area contributed by atoms with Gasteiger partial charge in [0.1, 0.15) is 0 Å². The number of hydrogen-bond acceptors (Lipinski definition) is 2. The van der Waals surface area contributed by atoms with E-state index in [1.54, 1.807) is 0 Å². The second kappa shape index (κ2) is 6.09. The van der Waals surface area contributed by atoms with Crippen LogP contribution in [0.5, 0.6) is 0 Å². The van der Waals surface area contributed by atoms with Crippen LogP contribution in [0.15, 0.2) is 4.99 Å². The molecule has 4 heteroatoms. The van der Waals surface area contributed by atoms with E-state index < -0.39 is 0 Å². The third-order valence-electron chi connectivity index (χ3n) is 3.53. The summed E-state index contributed by atoms with van der Waals surface area (Å²) in [5.74, 6) is 1.35. The molecule has 2 aliphatic rings. The van der Waals surface area contributed by atoms with Crippen LogP contribution >= 0.6 is 0 Å². The molecule has 0 aromatic heterocycles. The Bertz CT molecular complexity index is 230. The van der Waals surface area contributed by atoms with Gasteiger partial charge in [0.05, 0.1) is 6.10 Å². The molecule has 16 heavy (non-hydrogen) atoms. The first-order valence-electron chi connectivity index (χ1n) is 6.50. The molecule has 1 atom stereocenters. The van der Waals surface area contributed by atoms with Gasteiger partial charge in [-0.3, -0.25) is 4.99 Å². The van der Waals surface area contributed by atoms with Crippen LogP contribution in [0.3, 0.4) is 0 Å². The van der Waals surface area contributed by atoms with Gasteiger partial charge in [0, 0.05) is 19.7 Å². The lowest BCUT2D eigenvalue weighted by molar-refractivity contribution is 0.114. The average Bonchev–Trinajstić information content (AvgIpc) is 2.96. The lowest BCUT2D eigenvalue weighted by atomic mass is 10.1. The van der Waals surface area contributed by atoms with Crippen LogP contribution in [0.25, 0.3) is 0 Å². The molecule has 0 radical (unpaired) electrons. The molecule has 0 spiro atoms. The number of rotatable bonds is 4. The molecule has 92 valence electrons. The van der Waals surface area contributed by atoms with Crippen LogP contribution in [-0.4, -0.2) is 31.8 Å². The molecule has 0 bridgehead atoms. The Morgan fingerprint density at radius 1 is 1.25 bits per heavy atom. The van der Waals surface area contributed by atoms with Crippen LogP contribution in [0.2, 0.25) is 0 Å².